The Morgan fingerprint density at radius 1 is 0.932 bits per heavy atom. The maximum atomic E-state index is 14.8. The number of ether oxygens (including phenoxy) is 1. The highest BCUT2D eigenvalue weighted by Crippen LogP contribution is 2.69. The molecule has 10 unspecified atom stereocenters. The minimum atomic E-state index is -4.26. The number of allylic oxidation sites excluding steroid dienone is 6. The summed E-state index contributed by atoms with van der Waals surface area (Å²) in [5.74, 6) is 3.56. The van der Waals surface area contributed by atoms with E-state index in [1.54, 1.807) is 6.08 Å². The van der Waals surface area contributed by atoms with Crippen LogP contribution in [0.15, 0.2) is 47.1 Å². The second kappa shape index (κ2) is 20.1. The average molecular weight is 826 g/mol. The predicted molar refractivity (Wildman–Crippen MR) is 235 cm³/mol. The first-order valence-electron chi connectivity index (χ1n) is 24.4. The molecule has 6 aliphatic rings. The standard InChI is InChI=1S/C52H82F3NO3/c1-34-11-10-12-43(31-45(34)36(3)35(2)44-13-8-7-9-14-47(44)56)48(57)28-25-41-24-27-42(46-33-51(46,32-41)52(53,54)55)26-23-37-15-17-38(18-16-37)29-39-19-21-40(22-20-39)30-49(58)59-50(4,5)6/h13,23,25,28,32,34-36,38-40,42-43,45-48,57H,7-12,14-22,24,26-27,29-31,33,56H2,1-6H3. The van der Waals surface area contributed by atoms with Crippen LogP contribution in [-0.4, -0.2) is 35.0 Å². The Hall–Kier alpha value is -1.86. The van der Waals surface area contributed by atoms with Gasteiger partial charge in [0.2, 0.25) is 0 Å². The van der Waals surface area contributed by atoms with Gasteiger partial charge in [0.05, 0.1) is 11.5 Å². The fourth-order valence-electron chi connectivity index (χ4n) is 12.7. The predicted octanol–water partition coefficient (Wildman–Crippen LogP) is 13.8. The van der Waals surface area contributed by atoms with Gasteiger partial charge in [0.1, 0.15) is 5.60 Å². The summed E-state index contributed by atoms with van der Waals surface area (Å²) in [4.78, 5) is 12.3. The van der Waals surface area contributed by atoms with Crippen LogP contribution < -0.4 is 5.73 Å². The molecule has 334 valence electrons. The maximum Gasteiger partial charge on any atom is 0.398 e. The molecule has 0 radical (unpaired) electrons. The van der Waals surface area contributed by atoms with E-state index in [0.717, 1.165) is 94.5 Å². The zero-order chi connectivity index (χ0) is 42.5. The van der Waals surface area contributed by atoms with Crippen molar-refractivity contribution in [3.05, 3.63) is 47.1 Å². The van der Waals surface area contributed by atoms with Gasteiger partial charge >= 0.3 is 12.1 Å². The third-order valence-corrected chi connectivity index (χ3v) is 16.7. The van der Waals surface area contributed by atoms with E-state index < -0.39 is 23.3 Å². The van der Waals surface area contributed by atoms with Gasteiger partial charge in [-0.05, 0) is 183 Å². The van der Waals surface area contributed by atoms with Crippen LogP contribution in [0.1, 0.15) is 183 Å². The molecule has 6 rings (SSSR count). The van der Waals surface area contributed by atoms with E-state index in [9.17, 15) is 23.1 Å². The highest BCUT2D eigenvalue weighted by molar-refractivity contribution is 5.70. The summed E-state index contributed by atoms with van der Waals surface area (Å²) in [5, 5.41) is 11.6. The Labute approximate surface area is 356 Å². The Balaban J connectivity index is 0.991. The molecule has 4 fully saturated rings. The van der Waals surface area contributed by atoms with Crippen LogP contribution in [0.5, 0.6) is 0 Å². The molecule has 0 aliphatic heterocycles. The molecule has 0 saturated heterocycles. The minimum absolute atomic E-state index is 0.0362. The topological polar surface area (TPSA) is 72.5 Å². The number of carbonyl (C=O) groups excluding carboxylic acids is 1. The van der Waals surface area contributed by atoms with Crippen molar-refractivity contribution >= 4 is 5.97 Å². The van der Waals surface area contributed by atoms with E-state index in [1.807, 2.05) is 32.9 Å². The first kappa shape index (κ1) is 46.6. The van der Waals surface area contributed by atoms with Crippen LogP contribution in [-0.2, 0) is 9.53 Å². The number of rotatable bonds is 12. The zero-order valence-electron chi connectivity index (χ0n) is 37.8. The molecular formula is C52H82F3NO3. The van der Waals surface area contributed by atoms with Crippen molar-refractivity contribution in [1.82, 2.24) is 0 Å². The third-order valence-electron chi connectivity index (χ3n) is 16.7. The molecule has 0 aromatic rings. The van der Waals surface area contributed by atoms with Crippen LogP contribution in [0.4, 0.5) is 13.2 Å². The van der Waals surface area contributed by atoms with Crippen molar-refractivity contribution in [3.63, 3.8) is 0 Å². The summed E-state index contributed by atoms with van der Waals surface area (Å²) in [5.41, 5.74) is 8.15. The Bertz CT molecular complexity index is 1500. The maximum absolute atomic E-state index is 14.8. The van der Waals surface area contributed by atoms with Crippen LogP contribution >= 0.6 is 0 Å². The second-order valence-corrected chi connectivity index (χ2v) is 22.0. The molecule has 0 amide bonds. The number of hydrogen-bond acceptors (Lipinski definition) is 4. The van der Waals surface area contributed by atoms with Crippen molar-refractivity contribution in [2.45, 2.75) is 207 Å². The summed E-state index contributed by atoms with van der Waals surface area (Å²) >= 11 is 0. The van der Waals surface area contributed by atoms with Crippen molar-refractivity contribution in [2.75, 3.05) is 0 Å². The number of nitrogens with two attached hydrogens (primary N) is 1. The van der Waals surface area contributed by atoms with Gasteiger partial charge in [-0.1, -0.05) is 100.0 Å². The van der Waals surface area contributed by atoms with E-state index >= 15 is 0 Å². The quantitative estimate of drug-likeness (QED) is 0.117. The number of hydrogen-bond donors (Lipinski definition) is 2. The van der Waals surface area contributed by atoms with E-state index in [4.69, 9.17) is 10.5 Å². The number of halogens is 3. The van der Waals surface area contributed by atoms with Crippen molar-refractivity contribution in [2.24, 2.45) is 70.3 Å². The molecule has 10 atom stereocenters. The number of alkyl halides is 3. The van der Waals surface area contributed by atoms with E-state index in [2.05, 4.69) is 32.9 Å². The van der Waals surface area contributed by atoms with Gasteiger partial charge in [-0.25, -0.2) is 0 Å². The van der Waals surface area contributed by atoms with Crippen LogP contribution in [0.2, 0.25) is 0 Å². The molecule has 59 heavy (non-hydrogen) atoms. The van der Waals surface area contributed by atoms with E-state index in [0.29, 0.717) is 42.4 Å². The van der Waals surface area contributed by atoms with Gasteiger partial charge < -0.3 is 15.6 Å². The lowest BCUT2D eigenvalue weighted by atomic mass is 9.70. The summed E-state index contributed by atoms with van der Waals surface area (Å²) in [7, 11) is 0. The fourth-order valence-corrected chi connectivity index (χ4v) is 12.7. The third kappa shape index (κ3) is 12.4. The van der Waals surface area contributed by atoms with Crippen LogP contribution in [0.25, 0.3) is 0 Å². The minimum Gasteiger partial charge on any atom is -0.460 e. The van der Waals surface area contributed by atoms with Gasteiger partial charge in [0, 0.05) is 12.5 Å². The van der Waals surface area contributed by atoms with Crippen molar-refractivity contribution < 1.29 is 27.8 Å². The van der Waals surface area contributed by atoms with Gasteiger partial charge in [-0.2, -0.15) is 13.2 Å². The van der Waals surface area contributed by atoms with Crippen molar-refractivity contribution in [3.8, 4) is 0 Å². The number of aliphatic hydroxyl groups excluding tert-OH is 1. The molecule has 0 heterocycles. The highest BCUT2D eigenvalue weighted by Gasteiger charge is 2.71. The zero-order valence-corrected chi connectivity index (χ0v) is 37.8. The summed E-state index contributed by atoms with van der Waals surface area (Å²) in [6, 6.07) is 0.141. The first-order valence-corrected chi connectivity index (χ1v) is 24.4. The smallest absolute Gasteiger partial charge is 0.398 e. The molecule has 4 saturated carbocycles. The Morgan fingerprint density at radius 2 is 1.63 bits per heavy atom. The molecule has 4 nitrogen and oxygen atoms in total. The molecular weight excluding hydrogens is 744 g/mol. The Kier molecular flexibility index (Phi) is 15.9. The summed E-state index contributed by atoms with van der Waals surface area (Å²) in [6.45, 7) is 12.9. The molecule has 0 aromatic carbocycles. The molecule has 0 bridgehead atoms. The molecule has 6 aliphatic carbocycles. The monoisotopic (exact) mass is 826 g/mol. The van der Waals surface area contributed by atoms with Gasteiger partial charge in [-0.15, -0.1) is 0 Å². The first-order chi connectivity index (χ1) is 27.9. The Morgan fingerprint density at radius 3 is 2.32 bits per heavy atom. The largest absolute Gasteiger partial charge is 0.460 e. The van der Waals surface area contributed by atoms with Crippen LogP contribution in [0, 0.1) is 64.6 Å². The van der Waals surface area contributed by atoms with Gasteiger partial charge in [0.25, 0.3) is 0 Å². The van der Waals surface area contributed by atoms with E-state index in [-0.39, 0.29) is 36.2 Å². The molecule has 0 spiro atoms. The van der Waals surface area contributed by atoms with Crippen molar-refractivity contribution in [1.29, 1.82) is 0 Å². The highest BCUT2D eigenvalue weighted by atomic mass is 19.4. The van der Waals surface area contributed by atoms with Gasteiger partial charge in [0.15, 0.2) is 0 Å². The summed E-state index contributed by atoms with van der Waals surface area (Å²) in [6.07, 6.45) is 27.2. The summed E-state index contributed by atoms with van der Waals surface area (Å²) < 4.78 is 50.1. The molecule has 7 heteroatoms. The normalized spacial score (nSPS) is 36.5. The molecule has 3 N–H and O–H groups in total. The average Bonchev–Trinajstić information content (AvgIpc) is 3.98. The lowest BCUT2D eigenvalue weighted by Crippen LogP contribution is -2.33. The van der Waals surface area contributed by atoms with Gasteiger partial charge in [-0.3, -0.25) is 4.79 Å². The lowest BCUT2D eigenvalue weighted by molar-refractivity contribution is -0.178. The number of carbonyl (C=O) groups is 1. The SMILES string of the molecule is CC1CCCC(C(O)C=CC2=CC3(C(F)(F)F)CC3C(CC=C3CCC(CC4CCC(CC(=O)OC(C)(C)C)CC4)CC3)CC2)CC1C(C)C(C)C1=CCCCCC1N. The van der Waals surface area contributed by atoms with Crippen LogP contribution in [0.3, 0.4) is 0 Å². The van der Waals surface area contributed by atoms with E-state index in [1.165, 1.54) is 56.1 Å². The lowest BCUT2D eigenvalue weighted by Gasteiger charge is -2.36. The number of aliphatic hydroxyl groups is 1. The number of fused-ring (bicyclic) bond motifs is 1. The fraction of sp³-hybridized carbons (Fsp3) is 0.827. The molecule has 0 aromatic heterocycles. The number of esters is 1. The second-order valence-electron chi connectivity index (χ2n) is 22.0.